The highest BCUT2D eigenvalue weighted by atomic mass is 79.9. The van der Waals surface area contributed by atoms with Crippen molar-refractivity contribution in [1.82, 2.24) is 0 Å². The predicted octanol–water partition coefficient (Wildman–Crippen LogP) is 2.95. The number of carboxylic acids is 1. The van der Waals surface area contributed by atoms with Crippen molar-refractivity contribution >= 4 is 39.4 Å². The summed E-state index contributed by atoms with van der Waals surface area (Å²) in [6, 6.07) is 10.9. The molecule has 1 N–H and O–H groups in total. The Morgan fingerprint density at radius 3 is 2.05 bits per heavy atom. The van der Waals surface area contributed by atoms with E-state index in [1.54, 1.807) is 24.3 Å². The van der Waals surface area contributed by atoms with E-state index in [2.05, 4.69) is 15.9 Å². The summed E-state index contributed by atoms with van der Waals surface area (Å²) in [5.74, 6) is -2.06. The van der Waals surface area contributed by atoms with Gasteiger partial charge in [0.2, 0.25) is 0 Å². The van der Waals surface area contributed by atoms with Crippen LogP contribution in [0.1, 0.15) is 31.1 Å². The van der Waals surface area contributed by atoms with Crippen molar-refractivity contribution in [3.8, 4) is 0 Å². The highest BCUT2D eigenvalue weighted by molar-refractivity contribution is 9.10. The first-order valence-corrected chi connectivity index (χ1v) is 6.81. The minimum atomic E-state index is -1.14. The van der Waals surface area contributed by atoms with E-state index in [0.29, 0.717) is 11.1 Å². The van der Waals surface area contributed by atoms with E-state index in [0.717, 1.165) is 4.90 Å². The first kappa shape index (κ1) is 13.5. The molecule has 5 nitrogen and oxygen atoms in total. The minimum Gasteiger partial charge on any atom is -0.478 e. The second-order valence-corrected chi connectivity index (χ2v) is 5.23. The third-order valence-electron chi connectivity index (χ3n) is 3.24. The minimum absolute atomic E-state index is 0.0101. The molecule has 2 aromatic rings. The van der Waals surface area contributed by atoms with Gasteiger partial charge in [-0.3, -0.25) is 9.59 Å². The fourth-order valence-electron chi connectivity index (χ4n) is 2.27. The summed E-state index contributed by atoms with van der Waals surface area (Å²) in [4.78, 5) is 36.9. The van der Waals surface area contributed by atoms with Crippen LogP contribution >= 0.6 is 15.9 Å². The van der Waals surface area contributed by atoms with Crippen LogP contribution < -0.4 is 4.90 Å². The van der Waals surface area contributed by atoms with Crippen molar-refractivity contribution in [2.24, 2.45) is 0 Å². The number of carbonyl (C=O) groups is 3. The summed E-state index contributed by atoms with van der Waals surface area (Å²) in [6.45, 7) is 0. The normalized spacial score (nSPS) is 13.5. The first-order valence-electron chi connectivity index (χ1n) is 6.02. The lowest BCUT2D eigenvalue weighted by atomic mass is 10.1. The van der Waals surface area contributed by atoms with E-state index in [4.69, 9.17) is 5.11 Å². The molecule has 3 rings (SSSR count). The Hall–Kier alpha value is -2.47. The fourth-order valence-corrected chi connectivity index (χ4v) is 2.88. The monoisotopic (exact) mass is 345 g/mol. The average Bonchev–Trinajstić information content (AvgIpc) is 2.72. The van der Waals surface area contributed by atoms with Crippen LogP contribution in [-0.2, 0) is 0 Å². The summed E-state index contributed by atoms with van der Waals surface area (Å²) < 4.78 is 0.201. The molecule has 1 heterocycles. The third kappa shape index (κ3) is 1.95. The SMILES string of the molecule is O=C(O)c1cccc(N2C(=O)c3ccccc3C2=O)c1Br. The molecule has 1 aliphatic rings. The molecule has 104 valence electrons. The van der Waals surface area contributed by atoms with E-state index in [1.165, 1.54) is 18.2 Å². The second kappa shape index (κ2) is 4.82. The largest absolute Gasteiger partial charge is 0.478 e. The Morgan fingerprint density at radius 1 is 0.952 bits per heavy atom. The summed E-state index contributed by atoms with van der Waals surface area (Å²) >= 11 is 3.16. The molecule has 0 fully saturated rings. The van der Waals surface area contributed by atoms with Crippen LogP contribution in [0.5, 0.6) is 0 Å². The number of imide groups is 1. The molecule has 0 unspecified atom stereocenters. The Balaban J connectivity index is 2.16. The second-order valence-electron chi connectivity index (χ2n) is 4.44. The Bertz CT molecular complexity index is 765. The lowest BCUT2D eigenvalue weighted by Gasteiger charge is -2.16. The smallest absolute Gasteiger partial charge is 0.336 e. The van der Waals surface area contributed by atoms with Crippen molar-refractivity contribution < 1.29 is 19.5 Å². The van der Waals surface area contributed by atoms with Gasteiger partial charge in [-0.25, -0.2) is 9.69 Å². The van der Waals surface area contributed by atoms with Crippen LogP contribution in [0, 0.1) is 0 Å². The van der Waals surface area contributed by atoms with Crippen molar-refractivity contribution in [2.75, 3.05) is 4.90 Å². The van der Waals surface area contributed by atoms with Gasteiger partial charge < -0.3 is 5.11 Å². The lowest BCUT2D eigenvalue weighted by Crippen LogP contribution is -2.30. The number of anilines is 1. The molecule has 6 heteroatoms. The van der Waals surface area contributed by atoms with Gasteiger partial charge in [0.05, 0.1) is 26.9 Å². The van der Waals surface area contributed by atoms with E-state index in [-0.39, 0.29) is 15.7 Å². The van der Waals surface area contributed by atoms with Crippen molar-refractivity contribution in [1.29, 1.82) is 0 Å². The maximum absolute atomic E-state index is 12.4. The number of benzene rings is 2. The third-order valence-corrected chi connectivity index (χ3v) is 4.08. The van der Waals surface area contributed by atoms with Gasteiger partial charge in [-0.15, -0.1) is 0 Å². The molecular formula is C15H8BrNO4. The summed E-state index contributed by atoms with van der Waals surface area (Å²) in [6.07, 6.45) is 0. The van der Waals surface area contributed by atoms with E-state index in [1.807, 2.05) is 0 Å². The molecule has 0 radical (unpaired) electrons. The lowest BCUT2D eigenvalue weighted by molar-refractivity contribution is 0.0694. The Kier molecular flexibility index (Phi) is 3.10. The van der Waals surface area contributed by atoms with E-state index in [9.17, 15) is 14.4 Å². The maximum Gasteiger partial charge on any atom is 0.336 e. The number of rotatable bonds is 2. The van der Waals surface area contributed by atoms with Crippen molar-refractivity contribution in [3.05, 3.63) is 63.6 Å². The molecule has 2 aromatic carbocycles. The molecule has 0 aliphatic carbocycles. The Labute approximate surface area is 127 Å². The highest BCUT2D eigenvalue weighted by Gasteiger charge is 2.37. The van der Waals surface area contributed by atoms with Crippen molar-refractivity contribution in [3.63, 3.8) is 0 Å². The number of nitrogens with zero attached hydrogens (tertiary/aromatic N) is 1. The number of hydrogen-bond acceptors (Lipinski definition) is 3. The Morgan fingerprint density at radius 2 is 1.52 bits per heavy atom. The molecule has 0 spiro atoms. The molecule has 0 saturated carbocycles. The van der Waals surface area contributed by atoms with Gasteiger partial charge in [-0.05, 0) is 40.2 Å². The standard InChI is InChI=1S/C15H8BrNO4/c16-12-10(15(20)21)6-3-7-11(12)17-13(18)8-4-1-2-5-9(8)14(17)19/h1-7H,(H,20,21). The molecular weight excluding hydrogens is 338 g/mol. The van der Waals surface area contributed by atoms with E-state index < -0.39 is 17.8 Å². The topological polar surface area (TPSA) is 74.7 Å². The number of halogens is 1. The molecule has 2 amide bonds. The average molecular weight is 346 g/mol. The van der Waals surface area contributed by atoms with Crippen LogP contribution in [-0.4, -0.2) is 22.9 Å². The van der Waals surface area contributed by atoms with Gasteiger partial charge >= 0.3 is 5.97 Å². The number of carbonyl (C=O) groups excluding carboxylic acids is 2. The predicted molar refractivity (Wildman–Crippen MR) is 78.7 cm³/mol. The van der Waals surface area contributed by atoms with Crippen LogP contribution in [0.15, 0.2) is 46.9 Å². The fraction of sp³-hybridized carbons (Fsp3) is 0. The first-order chi connectivity index (χ1) is 10.0. The number of aromatic carboxylic acids is 1. The molecule has 0 bridgehead atoms. The number of fused-ring (bicyclic) bond motifs is 1. The quantitative estimate of drug-likeness (QED) is 0.849. The molecule has 0 saturated heterocycles. The van der Waals surface area contributed by atoms with Gasteiger partial charge in [0, 0.05) is 0 Å². The number of carboxylic acid groups (broad SMARTS) is 1. The van der Waals surface area contributed by atoms with Gasteiger partial charge in [-0.1, -0.05) is 18.2 Å². The zero-order valence-electron chi connectivity index (χ0n) is 10.5. The van der Waals surface area contributed by atoms with Crippen LogP contribution in [0.3, 0.4) is 0 Å². The molecule has 1 aliphatic heterocycles. The maximum atomic E-state index is 12.4. The summed E-state index contributed by atoms with van der Waals surface area (Å²) in [5.41, 5.74) is 0.843. The van der Waals surface area contributed by atoms with Gasteiger partial charge in [-0.2, -0.15) is 0 Å². The highest BCUT2D eigenvalue weighted by Crippen LogP contribution is 2.35. The molecule has 21 heavy (non-hydrogen) atoms. The van der Waals surface area contributed by atoms with Gasteiger partial charge in [0.15, 0.2) is 0 Å². The van der Waals surface area contributed by atoms with Crippen LogP contribution in [0.25, 0.3) is 0 Å². The van der Waals surface area contributed by atoms with E-state index >= 15 is 0 Å². The summed E-state index contributed by atoms with van der Waals surface area (Å²) in [7, 11) is 0. The molecule has 0 aromatic heterocycles. The zero-order valence-corrected chi connectivity index (χ0v) is 12.1. The van der Waals surface area contributed by atoms with Crippen molar-refractivity contribution in [2.45, 2.75) is 0 Å². The summed E-state index contributed by atoms with van der Waals surface area (Å²) in [5, 5.41) is 9.12. The van der Waals surface area contributed by atoms with Crippen LogP contribution in [0.2, 0.25) is 0 Å². The zero-order chi connectivity index (χ0) is 15.1. The van der Waals surface area contributed by atoms with Gasteiger partial charge in [0.25, 0.3) is 11.8 Å². The number of hydrogen-bond donors (Lipinski definition) is 1. The number of amides is 2. The van der Waals surface area contributed by atoms with Gasteiger partial charge in [0.1, 0.15) is 0 Å². The molecule has 0 atom stereocenters. The van der Waals surface area contributed by atoms with Crippen LogP contribution in [0.4, 0.5) is 5.69 Å².